The normalized spacial score (nSPS) is 12.0. The molecule has 0 bridgehead atoms. The van der Waals surface area contributed by atoms with Crippen molar-refractivity contribution in [2.75, 3.05) is 25.8 Å². The van der Waals surface area contributed by atoms with E-state index in [0.29, 0.717) is 0 Å². The van der Waals surface area contributed by atoms with E-state index in [2.05, 4.69) is 54.6 Å². The Hall–Kier alpha value is -0.00312. The van der Waals surface area contributed by atoms with Crippen LogP contribution in [0.15, 0.2) is 54.6 Å². The zero-order valence-electron chi connectivity index (χ0n) is 14.3. The molecule has 0 N–H and O–H groups in total. The van der Waals surface area contributed by atoms with Gasteiger partial charge in [0.25, 0.3) is 0 Å². The van der Waals surface area contributed by atoms with Crippen LogP contribution in [0.25, 0.3) is 0 Å². The quantitative estimate of drug-likeness (QED) is 0.135. The van der Waals surface area contributed by atoms with Crippen molar-refractivity contribution in [3.63, 3.8) is 0 Å². The fourth-order valence-corrected chi connectivity index (χ4v) is 9.11. The molecule has 0 atom stereocenters. The van der Waals surface area contributed by atoms with Crippen molar-refractivity contribution in [1.82, 2.24) is 0 Å². The predicted octanol–water partition coefficient (Wildman–Crippen LogP) is -2.66. The predicted molar refractivity (Wildman–Crippen MR) is 90.0 cm³/mol. The molecule has 0 aliphatic rings. The van der Waals surface area contributed by atoms with Gasteiger partial charge in [-0.3, -0.25) is 0 Å². The second-order valence-electron chi connectivity index (χ2n) is 5.05. The summed E-state index contributed by atoms with van der Waals surface area (Å²) in [5, 5.41) is 0. The van der Waals surface area contributed by atoms with Crippen LogP contribution in [0.5, 0.6) is 0 Å². The van der Waals surface area contributed by atoms with E-state index in [1.54, 1.807) is 21.3 Å². The average Bonchev–Trinajstić information content (AvgIpc) is 2.65. The van der Waals surface area contributed by atoms with Gasteiger partial charge in [-0.15, -0.1) is 0 Å². The number of hydrogen-bond donors (Lipinski definition) is 0. The Morgan fingerprint density at radius 1 is 0.750 bits per heavy atom. The third-order valence-electron chi connectivity index (χ3n) is 3.55. The third kappa shape index (κ3) is 6.38. The van der Waals surface area contributed by atoms with E-state index in [1.165, 1.54) is 15.1 Å². The minimum absolute atomic E-state index is 0.0507. The van der Waals surface area contributed by atoms with Crippen LogP contribution in [0, 0.1) is 10.7 Å². The minimum atomic E-state index is -2.39. The molecule has 2 rings (SSSR count). The summed E-state index contributed by atoms with van der Waals surface area (Å²) >= 11 is -0.00503. The maximum atomic E-state index is 5.47. The van der Waals surface area contributed by atoms with Crippen LogP contribution in [0.2, 0.25) is 6.04 Å². The Balaban J connectivity index is 1.78. The Bertz CT molecular complexity index is 581. The van der Waals surface area contributed by atoms with E-state index in [-0.39, 0.29) is 42.4 Å². The van der Waals surface area contributed by atoms with Crippen LogP contribution >= 0.6 is 0 Å². The molecule has 0 saturated carbocycles. The Morgan fingerprint density at radius 3 is 1.88 bits per heavy atom. The van der Waals surface area contributed by atoms with Crippen LogP contribution in [-0.4, -0.2) is 34.6 Å². The Labute approximate surface area is 167 Å². The van der Waals surface area contributed by atoms with E-state index in [1.807, 2.05) is 0 Å². The van der Waals surface area contributed by atoms with Gasteiger partial charge in [-0.1, -0.05) is 0 Å². The first kappa shape index (κ1) is 20.3. The van der Waals surface area contributed by atoms with Gasteiger partial charge >= 0.3 is 168 Å². The van der Waals surface area contributed by atoms with E-state index < -0.39 is 8.80 Å². The maximum absolute atomic E-state index is 5.47. The van der Waals surface area contributed by atoms with E-state index >= 15 is 0 Å². The van der Waals surface area contributed by atoms with Crippen LogP contribution in [0.4, 0.5) is 0 Å². The molecule has 0 amide bonds. The van der Waals surface area contributed by atoms with Crippen molar-refractivity contribution in [2.24, 2.45) is 0 Å². The molecule has 0 aromatic heterocycles. The number of benzene rings is 2. The second kappa shape index (κ2) is 10.9. The van der Waals surface area contributed by atoms with Crippen LogP contribution in [0.3, 0.4) is 0 Å². The van der Waals surface area contributed by atoms with E-state index in [0.717, 1.165) is 12.5 Å². The first-order chi connectivity index (χ1) is 11.7. The first-order valence-corrected chi connectivity index (χ1v) is 14.5. The molecular weight excluding hydrogens is 546 g/mol. The van der Waals surface area contributed by atoms with Crippen molar-refractivity contribution in [2.45, 2.75) is 12.5 Å². The SMILES string of the molecule is CO[Si](CCC[I-]c1ccc([I-]c2ccccc2)cc1)(OC)OC. The van der Waals surface area contributed by atoms with Gasteiger partial charge in [-0.2, -0.15) is 0 Å². The molecule has 0 aliphatic carbocycles. The summed E-state index contributed by atoms with van der Waals surface area (Å²) in [7, 11) is 2.66. The molecule has 0 radical (unpaired) electrons. The van der Waals surface area contributed by atoms with Gasteiger partial charge in [0.05, 0.1) is 0 Å². The van der Waals surface area contributed by atoms with Crippen LogP contribution < -0.4 is 42.4 Å². The zero-order chi connectivity index (χ0) is 17.3. The molecule has 0 spiro atoms. The van der Waals surface area contributed by atoms with Crippen molar-refractivity contribution in [3.8, 4) is 0 Å². The van der Waals surface area contributed by atoms with Crippen molar-refractivity contribution < 1.29 is 55.7 Å². The third-order valence-corrected chi connectivity index (χ3v) is 12.0. The molecule has 24 heavy (non-hydrogen) atoms. The van der Waals surface area contributed by atoms with Gasteiger partial charge in [0.15, 0.2) is 0 Å². The summed E-state index contributed by atoms with van der Waals surface area (Å²) in [4.78, 5) is 0. The number of rotatable bonds is 10. The standard InChI is InChI=1S/C18H24I2O3Si/c1-21-24(22-2,23-3)15-7-14-19-16-10-12-18(13-11-16)20-17-8-5-4-6-9-17/h4-6,8-13H,7,14-15H2,1-3H3/q-2. The molecule has 0 saturated heterocycles. The van der Waals surface area contributed by atoms with Gasteiger partial charge in [0.2, 0.25) is 0 Å². The molecule has 2 aromatic carbocycles. The number of alkyl halides is 1. The van der Waals surface area contributed by atoms with Crippen LogP contribution in [0.1, 0.15) is 6.42 Å². The van der Waals surface area contributed by atoms with Crippen molar-refractivity contribution in [1.29, 1.82) is 0 Å². The van der Waals surface area contributed by atoms with Gasteiger partial charge < -0.3 is 0 Å². The molecule has 2 aromatic rings. The summed E-state index contributed by atoms with van der Waals surface area (Å²) in [5.74, 6) is 0. The summed E-state index contributed by atoms with van der Waals surface area (Å²) < 4.78 is 22.1. The molecule has 6 heteroatoms. The van der Waals surface area contributed by atoms with Gasteiger partial charge in [0, 0.05) is 0 Å². The second-order valence-corrected chi connectivity index (χ2v) is 14.3. The van der Waals surface area contributed by atoms with Crippen molar-refractivity contribution in [3.05, 3.63) is 65.3 Å². The summed E-state index contributed by atoms with van der Waals surface area (Å²) in [6.45, 7) is 0. The van der Waals surface area contributed by atoms with E-state index in [9.17, 15) is 0 Å². The molecule has 3 nitrogen and oxygen atoms in total. The summed E-state index contributed by atoms with van der Waals surface area (Å²) in [6, 6.07) is 20.9. The first-order valence-electron chi connectivity index (χ1n) is 7.76. The Morgan fingerprint density at radius 2 is 1.29 bits per heavy atom. The fraction of sp³-hybridized carbons (Fsp3) is 0.333. The topological polar surface area (TPSA) is 27.7 Å². The Kier molecular flexibility index (Phi) is 9.20. The molecule has 0 unspecified atom stereocenters. The molecule has 0 aliphatic heterocycles. The fourth-order valence-electron chi connectivity index (χ4n) is 2.20. The molecular formula is C18H24I2O3Si-2. The zero-order valence-corrected chi connectivity index (χ0v) is 19.6. The van der Waals surface area contributed by atoms with E-state index in [4.69, 9.17) is 13.3 Å². The van der Waals surface area contributed by atoms with Gasteiger partial charge in [0.1, 0.15) is 0 Å². The molecule has 134 valence electrons. The van der Waals surface area contributed by atoms with Gasteiger partial charge in [-0.25, -0.2) is 0 Å². The summed E-state index contributed by atoms with van der Waals surface area (Å²) in [6.07, 6.45) is 1.10. The number of halogens is 2. The molecule has 0 fully saturated rings. The summed E-state index contributed by atoms with van der Waals surface area (Å²) in [5.41, 5.74) is 0. The monoisotopic (exact) mass is 570 g/mol. The van der Waals surface area contributed by atoms with Crippen LogP contribution in [-0.2, 0) is 13.3 Å². The molecule has 0 heterocycles. The average molecular weight is 570 g/mol. The van der Waals surface area contributed by atoms with Crippen molar-refractivity contribution >= 4 is 8.80 Å². The van der Waals surface area contributed by atoms with Gasteiger partial charge in [-0.05, 0) is 0 Å². The number of hydrogen-bond acceptors (Lipinski definition) is 3.